The molecule has 8 N–H and O–H groups in total. The van der Waals surface area contributed by atoms with Crippen LogP contribution in [-0.2, 0) is 38.9 Å². The molecule has 0 saturated carbocycles. The lowest BCUT2D eigenvalue weighted by molar-refractivity contribution is 0.274. The second-order valence-corrected chi connectivity index (χ2v) is 36.2. The first kappa shape index (κ1) is 87.8. The summed E-state index contributed by atoms with van der Waals surface area (Å²) in [6, 6.07) is 3.26. The lowest BCUT2D eigenvalue weighted by Gasteiger charge is -2.47. The first-order chi connectivity index (χ1) is 42.9. The summed E-state index contributed by atoms with van der Waals surface area (Å²) in [5.41, 5.74) is 0.220. The number of benzene rings is 1. The van der Waals surface area contributed by atoms with Gasteiger partial charge in [0.05, 0.1) is 20.6 Å². The van der Waals surface area contributed by atoms with E-state index in [0.29, 0.717) is 103 Å². The summed E-state index contributed by atoms with van der Waals surface area (Å²) in [5.74, 6) is 0. The topological polar surface area (TPSA) is 230 Å². The first-order valence-corrected chi connectivity index (χ1v) is 44.8. The van der Waals surface area contributed by atoms with Gasteiger partial charge in [0.2, 0.25) is 0 Å². The van der Waals surface area contributed by atoms with Gasteiger partial charge in [-0.3, -0.25) is 18.3 Å². The zero-order valence-electron chi connectivity index (χ0n) is 59.8. The van der Waals surface area contributed by atoms with Crippen LogP contribution in [0.5, 0.6) is 0 Å². The van der Waals surface area contributed by atoms with Gasteiger partial charge in [0.15, 0.2) is 0 Å². The fourth-order valence-corrected chi connectivity index (χ4v) is 20.7. The van der Waals surface area contributed by atoms with Crippen molar-refractivity contribution in [1.82, 2.24) is 0 Å². The van der Waals surface area contributed by atoms with Crippen molar-refractivity contribution in [2.45, 2.75) is 436 Å². The predicted octanol–water partition coefficient (Wildman–Crippen LogP) is 25.2. The van der Waals surface area contributed by atoms with Gasteiger partial charge in [0, 0.05) is 0 Å². The Kier molecular flexibility index (Phi) is 48.2. The van der Waals surface area contributed by atoms with E-state index in [1.807, 2.05) is 0 Å². The molecular formula is C74H146O12P4. The van der Waals surface area contributed by atoms with E-state index in [2.05, 4.69) is 55.4 Å². The molecule has 1 aromatic rings. The molecule has 0 aliphatic heterocycles. The molecule has 90 heavy (non-hydrogen) atoms. The average Bonchev–Trinajstić information content (AvgIpc) is 0.700. The van der Waals surface area contributed by atoms with Crippen molar-refractivity contribution in [2.24, 2.45) is 0 Å². The molecule has 1 aromatic carbocycles. The van der Waals surface area contributed by atoms with Crippen LogP contribution in [0.1, 0.15) is 437 Å². The Morgan fingerprint density at radius 1 is 0.200 bits per heavy atom. The molecule has 0 aromatic heterocycles. The SMILES string of the molecule is CCCCCCCCC(CCCCCCCC)(c1cc(C(CCCCCCCC)(CCCCCCCC)P(=O)(O)O)c(C(CCCCCCCC)(CCCCCCCC)P(=O)(O)O)cc1C(CCCCCCCC)(CCCCCCCC)P(=O)(O)O)P(=O)(O)O. The van der Waals surface area contributed by atoms with E-state index in [-0.39, 0.29) is 73.6 Å². The minimum absolute atomic E-state index is 0.0215. The fourth-order valence-electron chi connectivity index (χ4n) is 15.1. The summed E-state index contributed by atoms with van der Waals surface area (Å²) >= 11 is 0. The molecule has 0 aliphatic carbocycles. The highest BCUT2D eigenvalue weighted by molar-refractivity contribution is 7.54. The van der Waals surface area contributed by atoms with E-state index >= 15 is 18.3 Å². The Hall–Kier alpha value is -0.180. The summed E-state index contributed by atoms with van der Waals surface area (Å²) in [4.78, 5) is 102. The van der Waals surface area contributed by atoms with Crippen LogP contribution in [0.3, 0.4) is 0 Å². The zero-order valence-corrected chi connectivity index (χ0v) is 63.3. The van der Waals surface area contributed by atoms with Crippen LogP contribution in [-0.4, -0.2) is 39.1 Å². The van der Waals surface area contributed by atoms with Crippen LogP contribution in [0, 0.1) is 0 Å². The molecule has 0 atom stereocenters. The standard InChI is InChI=1S/C74H146O12P4/c1-9-17-25-33-41-49-57-71(87(75,76)77,58-50-42-34-26-18-10-2)67-65-69(73(89(81,82)83,61-53-45-37-29-21-13-5)62-54-46-38-30-22-14-6)70(74(90(84,85)86,63-55-47-39-31-23-15-7)64-56-48-40-32-24-16-8)66-68(67)72(88(78,79)80,59-51-43-35-27-19-11-3)60-52-44-36-28-20-12-4/h65-66H,9-64H2,1-8H3,(H2,75,76,77)(H2,78,79,80)(H2,81,82,83)(H2,84,85,86). The van der Waals surface area contributed by atoms with Gasteiger partial charge in [-0.15, -0.1) is 0 Å². The Morgan fingerprint density at radius 3 is 0.400 bits per heavy atom. The highest BCUT2D eigenvalue weighted by Gasteiger charge is 2.60. The minimum Gasteiger partial charge on any atom is -0.324 e. The van der Waals surface area contributed by atoms with Crippen molar-refractivity contribution in [3.63, 3.8) is 0 Å². The summed E-state index contributed by atoms with van der Waals surface area (Å²) in [6.45, 7) is 17.1. The molecule has 1 rings (SSSR count). The highest BCUT2D eigenvalue weighted by Crippen LogP contribution is 2.73. The van der Waals surface area contributed by atoms with E-state index < -0.39 is 51.0 Å². The molecule has 0 unspecified atom stereocenters. The summed E-state index contributed by atoms with van der Waals surface area (Å²) < 4.78 is 63.0. The monoisotopic (exact) mass is 1350 g/mol. The van der Waals surface area contributed by atoms with Crippen LogP contribution in [0.4, 0.5) is 0 Å². The molecule has 0 fully saturated rings. The molecule has 12 nitrogen and oxygen atoms in total. The highest BCUT2D eigenvalue weighted by atomic mass is 31.2. The van der Waals surface area contributed by atoms with Crippen molar-refractivity contribution in [2.75, 3.05) is 0 Å². The van der Waals surface area contributed by atoms with E-state index in [1.54, 1.807) is 12.1 Å². The maximum absolute atomic E-state index is 15.8. The van der Waals surface area contributed by atoms with Crippen LogP contribution in [0.15, 0.2) is 12.1 Å². The molecular weight excluding hydrogens is 1200 g/mol. The molecule has 0 saturated heterocycles. The Labute approximate surface area is 554 Å². The number of rotatable bonds is 64. The van der Waals surface area contributed by atoms with Crippen molar-refractivity contribution >= 4 is 30.4 Å². The maximum atomic E-state index is 15.8. The molecule has 0 amide bonds. The molecule has 0 aliphatic rings. The second kappa shape index (κ2) is 49.3. The van der Waals surface area contributed by atoms with E-state index in [4.69, 9.17) is 0 Å². The summed E-state index contributed by atoms with van der Waals surface area (Å²) in [6.07, 6.45) is 38.8. The largest absolute Gasteiger partial charge is 0.336 e. The number of hydrogen-bond donors (Lipinski definition) is 8. The minimum atomic E-state index is -5.43. The zero-order chi connectivity index (χ0) is 67.3. The van der Waals surface area contributed by atoms with Gasteiger partial charge in [0.1, 0.15) is 0 Å². The molecule has 0 bridgehead atoms. The van der Waals surface area contributed by atoms with Gasteiger partial charge in [-0.25, -0.2) is 0 Å². The van der Waals surface area contributed by atoms with Gasteiger partial charge in [0.25, 0.3) is 0 Å². The predicted molar refractivity (Wildman–Crippen MR) is 385 cm³/mol. The van der Waals surface area contributed by atoms with E-state index in [9.17, 15) is 39.1 Å². The number of unbranched alkanes of at least 4 members (excludes halogenated alkanes) is 40. The van der Waals surface area contributed by atoms with Crippen LogP contribution in [0.25, 0.3) is 0 Å². The Bertz CT molecular complexity index is 1770. The average molecular weight is 1350 g/mol. The number of hydrogen-bond acceptors (Lipinski definition) is 4. The Morgan fingerprint density at radius 2 is 0.300 bits per heavy atom. The molecule has 16 heteroatoms. The molecule has 0 spiro atoms. The molecule has 0 heterocycles. The van der Waals surface area contributed by atoms with Crippen molar-refractivity contribution in [3.05, 3.63) is 34.4 Å². The van der Waals surface area contributed by atoms with Crippen LogP contribution >= 0.6 is 30.4 Å². The molecule has 534 valence electrons. The van der Waals surface area contributed by atoms with Crippen molar-refractivity contribution < 1.29 is 57.4 Å². The van der Waals surface area contributed by atoms with Gasteiger partial charge in [-0.1, -0.05) is 376 Å². The van der Waals surface area contributed by atoms with Crippen molar-refractivity contribution in [1.29, 1.82) is 0 Å². The summed E-state index contributed by atoms with van der Waals surface area (Å²) in [5, 5.41) is -8.23. The first-order valence-electron chi connectivity index (χ1n) is 38.4. The van der Waals surface area contributed by atoms with Gasteiger partial charge in [-0.05, 0) is 73.6 Å². The van der Waals surface area contributed by atoms with Gasteiger partial charge >= 0.3 is 30.4 Å². The lowest BCUT2D eigenvalue weighted by Crippen LogP contribution is -2.39. The van der Waals surface area contributed by atoms with E-state index in [1.165, 1.54) is 0 Å². The Balaban J connectivity index is 5.61. The smallest absolute Gasteiger partial charge is 0.324 e. The molecule has 0 radical (unpaired) electrons. The quantitative estimate of drug-likeness (QED) is 0.0225. The summed E-state index contributed by atoms with van der Waals surface area (Å²) in [7, 11) is -21.7. The third-order valence-corrected chi connectivity index (χ3v) is 28.2. The van der Waals surface area contributed by atoms with E-state index in [0.717, 1.165) is 205 Å². The second-order valence-electron chi connectivity index (χ2n) is 28.4. The fraction of sp³-hybridized carbons (Fsp3) is 0.919. The normalized spacial score (nSPS) is 13.3. The van der Waals surface area contributed by atoms with Crippen LogP contribution < -0.4 is 0 Å². The lowest BCUT2D eigenvalue weighted by atomic mass is 9.71. The van der Waals surface area contributed by atoms with Crippen molar-refractivity contribution in [3.8, 4) is 0 Å². The third kappa shape index (κ3) is 30.3. The van der Waals surface area contributed by atoms with Crippen LogP contribution in [0.2, 0.25) is 0 Å². The van der Waals surface area contributed by atoms with Gasteiger partial charge < -0.3 is 39.1 Å². The third-order valence-electron chi connectivity index (χ3n) is 20.9. The maximum Gasteiger partial charge on any atom is 0.336 e. The van der Waals surface area contributed by atoms with Gasteiger partial charge in [-0.2, -0.15) is 0 Å².